The molecule has 2 N–H and O–H groups in total. The summed E-state index contributed by atoms with van der Waals surface area (Å²) in [4.78, 5) is 0. The molecule has 1 aliphatic rings. The molecule has 0 atom stereocenters. The Bertz CT molecular complexity index is 184. The van der Waals surface area contributed by atoms with Crippen LogP contribution in [0.4, 0.5) is 0 Å². The average molecular weight is 169 g/mol. The van der Waals surface area contributed by atoms with Crippen molar-refractivity contribution < 1.29 is 14.8 Å². The van der Waals surface area contributed by atoms with E-state index in [-0.39, 0.29) is 6.32 Å². The third kappa shape index (κ3) is 2.21. The highest BCUT2D eigenvalue weighted by Gasteiger charge is 2.36. The predicted molar refractivity (Wildman–Crippen MR) is 43.1 cm³/mol. The average Bonchev–Trinajstić information content (AvgIpc) is 2.05. The van der Waals surface area contributed by atoms with Gasteiger partial charge >= 0.3 is 7.12 Å². The van der Waals surface area contributed by atoms with E-state index in [0.717, 1.165) is 0 Å². The van der Waals surface area contributed by atoms with Gasteiger partial charge in [-0.05, 0) is 12.8 Å². The van der Waals surface area contributed by atoms with E-state index in [9.17, 15) is 0 Å². The molecule has 0 radical (unpaired) electrons. The van der Waals surface area contributed by atoms with Crippen molar-refractivity contribution in [2.45, 2.75) is 19.2 Å². The number of ether oxygens (including phenoxy) is 1. The van der Waals surface area contributed by atoms with E-state index >= 15 is 0 Å². The lowest BCUT2D eigenvalue weighted by Crippen LogP contribution is -2.32. The minimum Gasteiger partial charge on any atom is -0.427 e. The van der Waals surface area contributed by atoms with Crippen LogP contribution < -0.4 is 0 Å². The van der Waals surface area contributed by atoms with Crippen LogP contribution >= 0.6 is 0 Å². The van der Waals surface area contributed by atoms with Crippen molar-refractivity contribution in [2.75, 3.05) is 13.2 Å². The maximum absolute atomic E-state index is 8.86. The molecule has 0 aromatic carbocycles. The summed E-state index contributed by atoms with van der Waals surface area (Å²) < 4.78 is 5.09. The first-order chi connectivity index (χ1) is 5.68. The zero-order valence-electron chi connectivity index (χ0n) is 6.86. The summed E-state index contributed by atoms with van der Waals surface area (Å²) in [7, 11) is -1.39. The van der Waals surface area contributed by atoms with Crippen molar-refractivity contribution in [3.8, 4) is 6.07 Å². The molecular weight excluding hydrogens is 157 g/mol. The van der Waals surface area contributed by atoms with Gasteiger partial charge in [0.05, 0.1) is 11.5 Å². The van der Waals surface area contributed by atoms with E-state index in [4.69, 9.17) is 20.0 Å². The highest BCUT2D eigenvalue weighted by molar-refractivity contribution is 6.41. The molecule has 1 aliphatic heterocycles. The first kappa shape index (κ1) is 9.52. The van der Waals surface area contributed by atoms with Gasteiger partial charge in [0.15, 0.2) is 0 Å². The fourth-order valence-electron chi connectivity index (χ4n) is 1.47. The van der Waals surface area contributed by atoms with E-state index in [1.807, 2.05) is 0 Å². The Balaban J connectivity index is 2.55. The maximum Gasteiger partial charge on any atom is 0.453 e. The Morgan fingerprint density at radius 1 is 1.42 bits per heavy atom. The quantitative estimate of drug-likeness (QED) is 0.560. The van der Waals surface area contributed by atoms with Gasteiger partial charge in [-0.2, -0.15) is 5.26 Å². The highest BCUT2D eigenvalue weighted by Crippen LogP contribution is 2.34. The second kappa shape index (κ2) is 3.90. The first-order valence-corrected chi connectivity index (χ1v) is 4.04. The molecule has 1 saturated heterocycles. The molecule has 0 amide bonds. The van der Waals surface area contributed by atoms with E-state index in [2.05, 4.69) is 6.07 Å². The fraction of sp³-hybridized carbons (Fsp3) is 0.857. The lowest BCUT2D eigenvalue weighted by Gasteiger charge is -2.30. The largest absolute Gasteiger partial charge is 0.453 e. The normalized spacial score (nSPS) is 21.4. The molecule has 0 aromatic heterocycles. The number of nitriles is 1. The van der Waals surface area contributed by atoms with E-state index in [0.29, 0.717) is 26.1 Å². The molecule has 5 heteroatoms. The minimum atomic E-state index is -1.39. The minimum absolute atomic E-state index is 0.132. The molecule has 1 heterocycles. The van der Waals surface area contributed by atoms with Crippen LogP contribution in [0.25, 0.3) is 0 Å². The van der Waals surface area contributed by atoms with Gasteiger partial charge in [-0.25, -0.2) is 0 Å². The molecule has 66 valence electrons. The van der Waals surface area contributed by atoms with Crippen LogP contribution in [0.3, 0.4) is 0 Å². The highest BCUT2D eigenvalue weighted by atomic mass is 16.5. The summed E-state index contributed by atoms with van der Waals surface area (Å²) in [6, 6.07) is 2.15. The Morgan fingerprint density at radius 2 is 2.00 bits per heavy atom. The third-order valence-electron chi connectivity index (χ3n) is 2.26. The molecular formula is C7H12BNO3. The van der Waals surface area contributed by atoms with Gasteiger partial charge in [-0.1, -0.05) is 0 Å². The molecule has 12 heavy (non-hydrogen) atoms. The molecule has 0 saturated carbocycles. The molecule has 1 rings (SSSR count). The molecule has 4 nitrogen and oxygen atoms in total. The van der Waals surface area contributed by atoms with Crippen molar-refractivity contribution >= 4 is 7.12 Å². The summed E-state index contributed by atoms with van der Waals surface area (Å²) in [5.74, 6) is 0. The SMILES string of the molecule is N#CC1(CB(O)O)CCOCC1. The predicted octanol–water partition coefficient (Wildman–Crippen LogP) is -0.220. The van der Waals surface area contributed by atoms with Gasteiger partial charge < -0.3 is 14.8 Å². The Labute approximate surface area is 71.9 Å². The second-order valence-corrected chi connectivity index (χ2v) is 3.19. The summed E-state index contributed by atoms with van der Waals surface area (Å²) in [6.45, 7) is 1.08. The first-order valence-electron chi connectivity index (χ1n) is 4.04. The summed E-state index contributed by atoms with van der Waals surface area (Å²) in [6.07, 6.45) is 1.33. The molecule has 1 fully saturated rings. The van der Waals surface area contributed by atoms with Crippen molar-refractivity contribution in [3.05, 3.63) is 0 Å². The number of hydrogen-bond donors (Lipinski definition) is 2. The van der Waals surface area contributed by atoms with Gasteiger partial charge in [0.1, 0.15) is 0 Å². The lowest BCUT2D eigenvalue weighted by atomic mass is 9.65. The fourth-order valence-corrected chi connectivity index (χ4v) is 1.47. The smallest absolute Gasteiger partial charge is 0.427 e. The number of rotatable bonds is 2. The van der Waals surface area contributed by atoms with Crippen LogP contribution in [0.2, 0.25) is 6.32 Å². The topological polar surface area (TPSA) is 73.5 Å². The zero-order valence-corrected chi connectivity index (χ0v) is 6.86. The van der Waals surface area contributed by atoms with E-state index in [1.54, 1.807) is 0 Å². The van der Waals surface area contributed by atoms with Crippen LogP contribution in [0.1, 0.15) is 12.8 Å². The Hall–Kier alpha value is -0.565. The van der Waals surface area contributed by atoms with Crippen molar-refractivity contribution in [1.82, 2.24) is 0 Å². The van der Waals surface area contributed by atoms with Crippen molar-refractivity contribution in [2.24, 2.45) is 5.41 Å². The second-order valence-electron chi connectivity index (χ2n) is 3.19. The lowest BCUT2D eigenvalue weighted by molar-refractivity contribution is 0.0456. The molecule has 0 spiro atoms. The third-order valence-corrected chi connectivity index (χ3v) is 2.26. The summed E-state index contributed by atoms with van der Waals surface area (Å²) in [5.41, 5.74) is -0.577. The number of nitrogens with zero attached hydrogens (tertiary/aromatic N) is 1. The monoisotopic (exact) mass is 169 g/mol. The van der Waals surface area contributed by atoms with E-state index < -0.39 is 12.5 Å². The van der Waals surface area contributed by atoms with Crippen LogP contribution in [-0.4, -0.2) is 30.4 Å². The van der Waals surface area contributed by atoms with Crippen LogP contribution in [-0.2, 0) is 4.74 Å². The zero-order chi connectivity index (χ0) is 9.03. The Kier molecular flexibility index (Phi) is 3.09. The molecule has 0 aliphatic carbocycles. The van der Waals surface area contributed by atoms with Crippen LogP contribution in [0.5, 0.6) is 0 Å². The maximum atomic E-state index is 8.86. The summed E-state index contributed by atoms with van der Waals surface area (Å²) in [5, 5.41) is 26.4. The van der Waals surface area contributed by atoms with Crippen LogP contribution in [0.15, 0.2) is 0 Å². The molecule has 0 aromatic rings. The van der Waals surface area contributed by atoms with Gasteiger partial charge in [-0.15, -0.1) is 0 Å². The molecule has 0 bridgehead atoms. The van der Waals surface area contributed by atoms with E-state index in [1.165, 1.54) is 0 Å². The van der Waals surface area contributed by atoms with Gasteiger partial charge in [-0.3, -0.25) is 0 Å². The van der Waals surface area contributed by atoms with Gasteiger partial charge in [0.25, 0.3) is 0 Å². The van der Waals surface area contributed by atoms with Crippen molar-refractivity contribution in [1.29, 1.82) is 5.26 Å². The van der Waals surface area contributed by atoms with Crippen LogP contribution in [0, 0.1) is 16.7 Å². The standard InChI is InChI=1S/C7H12BNO3/c9-6-7(5-8(10)11)1-3-12-4-2-7/h10-11H,1-5H2. The number of hydrogen-bond acceptors (Lipinski definition) is 4. The Morgan fingerprint density at radius 3 is 2.42 bits per heavy atom. The molecule has 0 unspecified atom stereocenters. The van der Waals surface area contributed by atoms with Crippen molar-refractivity contribution in [3.63, 3.8) is 0 Å². The van der Waals surface area contributed by atoms with Gasteiger partial charge in [0, 0.05) is 19.5 Å². The summed E-state index contributed by atoms with van der Waals surface area (Å²) >= 11 is 0. The van der Waals surface area contributed by atoms with Gasteiger partial charge in [0.2, 0.25) is 0 Å².